The van der Waals surface area contributed by atoms with E-state index in [9.17, 15) is 0 Å². The zero-order valence-electron chi connectivity index (χ0n) is 9.70. The van der Waals surface area contributed by atoms with Crippen LogP contribution >= 0.6 is 11.8 Å². The molecule has 0 aromatic heterocycles. The Morgan fingerprint density at radius 1 is 1.00 bits per heavy atom. The van der Waals surface area contributed by atoms with E-state index >= 15 is 0 Å². The normalized spacial score (nSPS) is 26.5. The second-order valence-electron chi connectivity index (χ2n) is 4.62. The van der Waals surface area contributed by atoms with E-state index in [2.05, 4.69) is 37.4 Å². The minimum Gasteiger partial charge on any atom is -0.162 e. The minimum atomic E-state index is 0.828. The summed E-state index contributed by atoms with van der Waals surface area (Å²) in [5.41, 5.74) is 2.93. The third kappa shape index (κ3) is 2.78. The van der Waals surface area contributed by atoms with Crippen LogP contribution in [0.4, 0.5) is 0 Å². The van der Waals surface area contributed by atoms with E-state index in [4.69, 9.17) is 0 Å². The number of hydrogen-bond donors (Lipinski definition) is 0. The fraction of sp³-hybridized carbons (Fsp3) is 0.571. The van der Waals surface area contributed by atoms with Crippen molar-refractivity contribution in [1.82, 2.24) is 0 Å². The first-order chi connectivity index (χ1) is 7.29. The molecule has 15 heavy (non-hydrogen) atoms. The molecule has 1 heteroatoms. The van der Waals surface area contributed by atoms with Gasteiger partial charge in [0, 0.05) is 5.25 Å². The van der Waals surface area contributed by atoms with Crippen LogP contribution in [0.15, 0.2) is 24.3 Å². The molecule has 0 heterocycles. The summed E-state index contributed by atoms with van der Waals surface area (Å²) in [7, 11) is 0. The van der Waals surface area contributed by atoms with Crippen LogP contribution in [-0.4, -0.2) is 11.5 Å². The first-order valence-corrected chi connectivity index (χ1v) is 7.17. The number of rotatable bonds is 2. The van der Waals surface area contributed by atoms with Crippen LogP contribution < -0.4 is 0 Å². The Morgan fingerprint density at radius 3 is 2.13 bits per heavy atom. The average Bonchev–Trinajstić information content (AvgIpc) is 2.30. The zero-order chi connectivity index (χ0) is 10.7. The van der Waals surface area contributed by atoms with Crippen LogP contribution in [0.3, 0.4) is 0 Å². The summed E-state index contributed by atoms with van der Waals surface area (Å²) in [4.78, 5) is 0. The minimum absolute atomic E-state index is 0.828. The molecule has 0 radical (unpaired) electrons. The number of thioether (sulfide) groups is 1. The molecule has 1 fully saturated rings. The lowest BCUT2D eigenvalue weighted by atomic mass is 9.83. The van der Waals surface area contributed by atoms with Crippen LogP contribution in [0.5, 0.6) is 0 Å². The van der Waals surface area contributed by atoms with Gasteiger partial charge in [-0.2, -0.15) is 11.8 Å². The van der Waals surface area contributed by atoms with Crippen molar-refractivity contribution in [2.75, 3.05) is 6.26 Å². The molecule has 1 aliphatic rings. The highest BCUT2D eigenvalue weighted by Crippen LogP contribution is 2.36. The fourth-order valence-corrected chi connectivity index (χ4v) is 3.21. The van der Waals surface area contributed by atoms with Crippen LogP contribution in [0.2, 0.25) is 0 Å². The van der Waals surface area contributed by atoms with Crippen molar-refractivity contribution in [2.24, 2.45) is 0 Å². The Bertz CT molecular complexity index is 294. The lowest BCUT2D eigenvalue weighted by molar-refractivity contribution is 0.453. The largest absolute Gasteiger partial charge is 0.162 e. The van der Waals surface area contributed by atoms with E-state index in [1.807, 2.05) is 11.8 Å². The number of aryl methyl sites for hydroxylation is 1. The van der Waals surface area contributed by atoms with Crippen molar-refractivity contribution in [3.05, 3.63) is 35.4 Å². The Kier molecular flexibility index (Phi) is 3.74. The second kappa shape index (κ2) is 5.07. The van der Waals surface area contributed by atoms with Gasteiger partial charge in [-0.1, -0.05) is 29.8 Å². The van der Waals surface area contributed by atoms with Crippen molar-refractivity contribution in [1.29, 1.82) is 0 Å². The van der Waals surface area contributed by atoms with Gasteiger partial charge in [0.15, 0.2) is 0 Å². The summed E-state index contributed by atoms with van der Waals surface area (Å²) >= 11 is 2.05. The fourth-order valence-electron chi connectivity index (χ4n) is 2.47. The van der Waals surface area contributed by atoms with Crippen molar-refractivity contribution < 1.29 is 0 Å². The van der Waals surface area contributed by atoms with Gasteiger partial charge >= 0.3 is 0 Å². The quantitative estimate of drug-likeness (QED) is 0.712. The van der Waals surface area contributed by atoms with Gasteiger partial charge in [-0.15, -0.1) is 0 Å². The highest BCUT2D eigenvalue weighted by Gasteiger charge is 2.21. The van der Waals surface area contributed by atoms with E-state index in [0.29, 0.717) is 0 Å². The molecule has 0 saturated heterocycles. The lowest BCUT2D eigenvalue weighted by Gasteiger charge is -2.27. The topological polar surface area (TPSA) is 0 Å². The molecule has 0 aliphatic heterocycles. The van der Waals surface area contributed by atoms with Crippen molar-refractivity contribution in [3.8, 4) is 0 Å². The molecular weight excluding hydrogens is 200 g/mol. The Morgan fingerprint density at radius 2 is 1.60 bits per heavy atom. The van der Waals surface area contributed by atoms with Gasteiger partial charge in [0.05, 0.1) is 0 Å². The van der Waals surface area contributed by atoms with Gasteiger partial charge in [-0.25, -0.2) is 0 Å². The summed E-state index contributed by atoms with van der Waals surface area (Å²) in [6, 6.07) is 9.13. The Hall–Kier alpha value is -0.430. The molecule has 0 atom stereocenters. The molecule has 0 unspecified atom stereocenters. The first kappa shape index (κ1) is 11.1. The summed E-state index contributed by atoms with van der Waals surface area (Å²) in [5.74, 6) is 0.828. The molecule has 0 amide bonds. The number of benzene rings is 1. The maximum absolute atomic E-state index is 2.32. The Labute approximate surface area is 97.5 Å². The van der Waals surface area contributed by atoms with E-state index < -0.39 is 0 Å². The van der Waals surface area contributed by atoms with Crippen molar-refractivity contribution >= 4 is 11.8 Å². The van der Waals surface area contributed by atoms with Crippen LogP contribution in [-0.2, 0) is 0 Å². The smallest absolute Gasteiger partial charge is 0.00447 e. The highest BCUT2D eigenvalue weighted by molar-refractivity contribution is 7.99. The highest BCUT2D eigenvalue weighted by atomic mass is 32.2. The average molecular weight is 220 g/mol. The molecule has 1 saturated carbocycles. The predicted octanol–water partition coefficient (Wildman–Crippen LogP) is 4.38. The van der Waals surface area contributed by atoms with Crippen molar-refractivity contribution in [3.63, 3.8) is 0 Å². The van der Waals surface area contributed by atoms with Gasteiger partial charge in [0.25, 0.3) is 0 Å². The third-order valence-corrected chi connectivity index (χ3v) is 4.69. The van der Waals surface area contributed by atoms with Gasteiger partial charge < -0.3 is 0 Å². The summed E-state index contributed by atoms with van der Waals surface area (Å²) in [6.07, 6.45) is 7.82. The predicted molar refractivity (Wildman–Crippen MR) is 69.7 cm³/mol. The summed E-state index contributed by atoms with van der Waals surface area (Å²) in [6.45, 7) is 2.16. The molecule has 82 valence electrons. The Balaban J connectivity index is 1.98. The van der Waals surface area contributed by atoms with Crippen LogP contribution in [0.25, 0.3) is 0 Å². The standard InChI is InChI=1S/C14H20S/c1-11-3-5-12(6-4-11)13-7-9-14(15-2)10-8-13/h3-6,13-14H,7-10H2,1-2H3. The van der Waals surface area contributed by atoms with Crippen molar-refractivity contribution in [2.45, 2.75) is 43.8 Å². The van der Waals surface area contributed by atoms with E-state index in [-0.39, 0.29) is 0 Å². The second-order valence-corrected chi connectivity index (χ2v) is 5.76. The number of hydrogen-bond acceptors (Lipinski definition) is 1. The maximum atomic E-state index is 2.32. The maximum Gasteiger partial charge on any atom is 0.00447 e. The monoisotopic (exact) mass is 220 g/mol. The molecule has 0 spiro atoms. The van der Waals surface area contributed by atoms with Gasteiger partial charge in [0.1, 0.15) is 0 Å². The van der Waals surface area contributed by atoms with E-state index in [1.165, 1.54) is 31.2 Å². The molecule has 0 nitrogen and oxygen atoms in total. The third-order valence-electron chi connectivity index (χ3n) is 3.56. The lowest BCUT2D eigenvalue weighted by Crippen LogP contribution is -2.14. The molecule has 0 N–H and O–H groups in total. The first-order valence-electron chi connectivity index (χ1n) is 5.89. The zero-order valence-corrected chi connectivity index (χ0v) is 10.5. The molecular formula is C14H20S. The molecule has 0 bridgehead atoms. The summed E-state index contributed by atoms with van der Waals surface area (Å²) in [5, 5.41) is 0.923. The van der Waals surface area contributed by atoms with E-state index in [1.54, 1.807) is 5.56 Å². The molecule has 2 rings (SSSR count). The SMILES string of the molecule is CSC1CCC(c2ccc(C)cc2)CC1. The van der Waals surface area contributed by atoms with Crippen LogP contribution in [0.1, 0.15) is 42.7 Å². The van der Waals surface area contributed by atoms with Gasteiger partial charge in [0.2, 0.25) is 0 Å². The van der Waals surface area contributed by atoms with Crippen LogP contribution in [0, 0.1) is 6.92 Å². The molecule has 1 aromatic carbocycles. The van der Waals surface area contributed by atoms with Gasteiger partial charge in [-0.05, 0) is 50.3 Å². The van der Waals surface area contributed by atoms with Gasteiger partial charge in [-0.3, -0.25) is 0 Å². The summed E-state index contributed by atoms with van der Waals surface area (Å²) < 4.78 is 0. The molecule has 1 aliphatic carbocycles. The molecule has 1 aromatic rings. The van der Waals surface area contributed by atoms with E-state index in [0.717, 1.165) is 11.2 Å².